The summed E-state index contributed by atoms with van der Waals surface area (Å²) in [6.45, 7) is 6.41. The van der Waals surface area contributed by atoms with Crippen LogP contribution < -0.4 is 14.8 Å². The van der Waals surface area contributed by atoms with E-state index in [0.717, 1.165) is 17.7 Å². The predicted octanol–water partition coefficient (Wildman–Crippen LogP) is 5.41. The Labute approximate surface area is 201 Å². The summed E-state index contributed by atoms with van der Waals surface area (Å²) in [6.07, 6.45) is 3.05. The first-order chi connectivity index (χ1) is 16.9. The minimum Gasteiger partial charge on any atom is -0.490 e. The van der Waals surface area contributed by atoms with Crippen LogP contribution in [0, 0.1) is 17.6 Å². The standard InChI is InChI=1S/C26H26F2N4O3/c1-4-34-22-7-5-6-8-23(22)35-24-10-9-17(13-29-24)14-30-26(33)25(16(2)3)32-15-31-20-11-18(27)19(28)12-21(20)32/h5-13,15-16,25H,4,14H2,1-3H3,(H,30,33). The van der Waals surface area contributed by atoms with Gasteiger partial charge in [-0.2, -0.15) is 0 Å². The molecule has 9 heteroatoms. The molecule has 0 aliphatic carbocycles. The van der Waals surface area contributed by atoms with Crippen LogP contribution in [-0.2, 0) is 11.3 Å². The van der Waals surface area contributed by atoms with Gasteiger partial charge in [0, 0.05) is 30.9 Å². The van der Waals surface area contributed by atoms with Crippen LogP contribution in [0.3, 0.4) is 0 Å². The van der Waals surface area contributed by atoms with Gasteiger partial charge in [-0.25, -0.2) is 18.7 Å². The summed E-state index contributed by atoms with van der Waals surface area (Å²) in [4.78, 5) is 21.5. The third-order valence-corrected chi connectivity index (χ3v) is 5.44. The molecule has 0 saturated carbocycles. The topological polar surface area (TPSA) is 78.3 Å². The largest absolute Gasteiger partial charge is 0.490 e. The van der Waals surface area contributed by atoms with Gasteiger partial charge in [0.2, 0.25) is 11.8 Å². The van der Waals surface area contributed by atoms with Gasteiger partial charge in [0.25, 0.3) is 0 Å². The zero-order valence-electron chi connectivity index (χ0n) is 19.7. The van der Waals surface area contributed by atoms with Crippen molar-refractivity contribution in [1.82, 2.24) is 19.9 Å². The molecule has 2 heterocycles. The minimum absolute atomic E-state index is 0.125. The van der Waals surface area contributed by atoms with Gasteiger partial charge in [0.1, 0.15) is 6.04 Å². The lowest BCUT2D eigenvalue weighted by molar-refractivity contribution is -0.125. The van der Waals surface area contributed by atoms with E-state index in [0.29, 0.717) is 29.5 Å². The Bertz CT molecular complexity index is 1320. The maximum absolute atomic E-state index is 13.8. The molecular formula is C26H26F2N4O3. The molecule has 7 nitrogen and oxygen atoms in total. The van der Waals surface area contributed by atoms with Gasteiger partial charge >= 0.3 is 0 Å². The molecule has 0 saturated heterocycles. The first-order valence-corrected chi connectivity index (χ1v) is 11.3. The summed E-state index contributed by atoms with van der Waals surface area (Å²) in [5, 5.41) is 2.90. The predicted molar refractivity (Wildman–Crippen MR) is 127 cm³/mol. The third kappa shape index (κ3) is 5.40. The second kappa shape index (κ2) is 10.5. The number of ether oxygens (including phenoxy) is 2. The molecule has 4 rings (SSSR count). The average Bonchev–Trinajstić information content (AvgIpc) is 3.22. The molecule has 35 heavy (non-hydrogen) atoms. The Balaban J connectivity index is 1.44. The van der Waals surface area contributed by atoms with Crippen LogP contribution in [0.5, 0.6) is 17.4 Å². The van der Waals surface area contributed by atoms with Crippen LogP contribution in [0.15, 0.2) is 61.1 Å². The van der Waals surface area contributed by atoms with E-state index in [1.54, 1.807) is 29.0 Å². The summed E-state index contributed by atoms with van der Waals surface area (Å²) in [7, 11) is 0. The van der Waals surface area contributed by atoms with Gasteiger partial charge in [-0.15, -0.1) is 0 Å². The summed E-state index contributed by atoms with van der Waals surface area (Å²) in [5.74, 6) is -0.774. The molecule has 182 valence electrons. The molecule has 4 aromatic rings. The smallest absolute Gasteiger partial charge is 0.243 e. The number of aromatic nitrogens is 3. The van der Waals surface area contributed by atoms with Gasteiger partial charge in [-0.3, -0.25) is 4.79 Å². The summed E-state index contributed by atoms with van der Waals surface area (Å²) in [5.41, 5.74) is 1.41. The molecule has 1 unspecified atom stereocenters. The third-order valence-electron chi connectivity index (χ3n) is 5.44. The van der Waals surface area contributed by atoms with Crippen molar-refractivity contribution in [3.05, 3.63) is 78.3 Å². The van der Waals surface area contributed by atoms with E-state index >= 15 is 0 Å². The van der Waals surface area contributed by atoms with Crippen molar-refractivity contribution >= 4 is 16.9 Å². The Morgan fingerprint density at radius 3 is 2.49 bits per heavy atom. The maximum Gasteiger partial charge on any atom is 0.243 e. The van der Waals surface area contributed by atoms with E-state index in [-0.39, 0.29) is 23.9 Å². The van der Waals surface area contributed by atoms with Gasteiger partial charge in [0.05, 0.1) is 24.0 Å². The van der Waals surface area contributed by atoms with Crippen LogP contribution in [0.2, 0.25) is 0 Å². The second-order valence-corrected chi connectivity index (χ2v) is 8.30. The SMILES string of the molecule is CCOc1ccccc1Oc1ccc(CNC(=O)C(C(C)C)n2cnc3cc(F)c(F)cc32)cn1. The quantitative estimate of drug-likeness (QED) is 0.346. The normalized spacial score (nSPS) is 12.1. The first kappa shape index (κ1) is 24.1. The molecule has 0 fully saturated rings. The number of hydrogen-bond acceptors (Lipinski definition) is 5. The van der Waals surface area contributed by atoms with E-state index in [9.17, 15) is 13.6 Å². The number of fused-ring (bicyclic) bond motifs is 1. The van der Waals surface area contributed by atoms with E-state index in [1.165, 1.54) is 6.33 Å². The number of pyridine rings is 1. The number of carbonyl (C=O) groups is 1. The van der Waals surface area contributed by atoms with Gasteiger partial charge in [0.15, 0.2) is 23.1 Å². The average molecular weight is 481 g/mol. The summed E-state index contributed by atoms with van der Waals surface area (Å²) < 4.78 is 40.4. The van der Waals surface area contributed by atoms with Crippen LogP contribution in [0.1, 0.15) is 32.4 Å². The van der Waals surface area contributed by atoms with Crippen molar-refractivity contribution in [3.8, 4) is 17.4 Å². The number of carbonyl (C=O) groups excluding carboxylic acids is 1. The highest BCUT2D eigenvalue weighted by atomic mass is 19.2. The molecule has 0 spiro atoms. The lowest BCUT2D eigenvalue weighted by Crippen LogP contribution is -2.34. The molecule has 1 amide bonds. The number of para-hydroxylation sites is 2. The molecule has 2 aromatic heterocycles. The Morgan fingerprint density at radius 1 is 1.06 bits per heavy atom. The molecule has 2 aromatic carbocycles. The first-order valence-electron chi connectivity index (χ1n) is 11.3. The van der Waals surface area contributed by atoms with Crippen molar-refractivity contribution < 1.29 is 23.0 Å². The number of halogens is 2. The van der Waals surface area contributed by atoms with Crippen molar-refractivity contribution in [2.75, 3.05) is 6.61 Å². The number of imidazole rings is 1. The lowest BCUT2D eigenvalue weighted by atomic mass is 10.0. The zero-order chi connectivity index (χ0) is 24.9. The molecule has 1 atom stereocenters. The fourth-order valence-corrected chi connectivity index (χ4v) is 3.79. The Morgan fingerprint density at radius 2 is 1.80 bits per heavy atom. The summed E-state index contributed by atoms with van der Waals surface area (Å²) >= 11 is 0. The summed E-state index contributed by atoms with van der Waals surface area (Å²) in [6, 6.07) is 12.3. The molecule has 0 aliphatic heterocycles. The highest BCUT2D eigenvalue weighted by molar-refractivity contribution is 5.84. The van der Waals surface area contributed by atoms with Crippen LogP contribution >= 0.6 is 0 Å². The number of benzene rings is 2. The second-order valence-electron chi connectivity index (χ2n) is 8.30. The minimum atomic E-state index is -0.987. The maximum atomic E-state index is 13.8. The lowest BCUT2D eigenvalue weighted by Gasteiger charge is -2.22. The van der Waals surface area contributed by atoms with Crippen LogP contribution in [0.25, 0.3) is 11.0 Å². The molecule has 0 radical (unpaired) electrons. The van der Waals surface area contributed by atoms with Crippen LogP contribution in [0.4, 0.5) is 8.78 Å². The van der Waals surface area contributed by atoms with Crippen molar-refractivity contribution in [1.29, 1.82) is 0 Å². The number of rotatable bonds is 9. The Kier molecular flexibility index (Phi) is 7.24. The number of nitrogens with zero attached hydrogens (tertiary/aromatic N) is 3. The number of nitrogens with one attached hydrogen (secondary N) is 1. The van der Waals surface area contributed by atoms with E-state index in [4.69, 9.17) is 9.47 Å². The van der Waals surface area contributed by atoms with Gasteiger partial charge in [-0.1, -0.05) is 32.0 Å². The van der Waals surface area contributed by atoms with E-state index < -0.39 is 17.7 Å². The molecular weight excluding hydrogens is 454 g/mol. The Hall–Kier alpha value is -4.01. The van der Waals surface area contributed by atoms with Gasteiger partial charge in [-0.05, 0) is 30.5 Å². The molecule has 0 aliphatic rings. The van der Waals surface area contributed by atoms with Gasteiger partial charge < -0.3 is 19.4 Å². The van der Waals surface area contributed by atoms with Crippen molar-refractivity contribution in [3.63, 3.8) is 0 Å². The highest BCUT2D eigenvalue weighted by Crippen LogP contribution is 2.30. The van der Waals surface area contributed by atoms with E-state index in [1.807, 2.05) is 39.0 Å². The van der Waals surface area contributed by atoms with Crippen LogP contribution in [-0.4, -0.2) is 27.0 Å². The fraction of sp³-hybridized carbons (Fsp3) is 0.269. The highest BCUT2D eigenvalue weighted by Gasteiger charge is 2.26. The molecule has 0 bridgehead atoms. The number of amides is 1. The monoisotopic (exact) mass is 480 g/mol. The zero-order valence-corrected chi connectivity index (χ0v) is 19.7. The number of hydrogen-bond donors (Lipinski definition) is 1. The molecule has 1 N–H and O–H groups in total. The van der Waals surface area contributed by atoms with Crippen molar-refractivity contribution in [2.45, 2.75) is 33.4 Å². The van der Waals surface area contributed by atoms with Crippen molar-refractivity contribution in [2.24, 2.45) is 5.92 Å². The van der Waals surface area contributed by atoms with E-state index in [2.05, 4.69) is 15.3 Å². The fourth-order valence-electron chi connectivity index (χ4n) is 3.79.